The maximum atomic E-state index is 12.7. The van der Waals surface area contributed by atoms with Crippen molar-refractivity contribution in [2.45, 2.75) is 34.0 Å². The van der Waals surface area contributed by atoms with Gasteiger partial charge in [-0.05, 0) is 106 Å². The Morgan fingerprint density at radius 3 is 1.70 bits per heavy atom. The molecule has 0 atom stereocenters. The van der Waals surface area contributed by atoms with E-state index in [1.54, 1.807) is 67.8 Å². The van der Waals surface area contributed by atoms with Crippen LogP contribution in [-0.4, -0.2) is 36.0 Å². The van der Waals surface area contributed by atoms with Crippen molar-refractivity contribution in [3.63, 3.8) is 0 Å². The maximum absolute atomic E-state index is 12.7. The van der Waals surface area contributed by atoms with E-state index in [1.165, 1.54) is 6.07 Å². The summed E-state index contributed by atoms with van der Waals surface area (Å²) in [4.78, 5) is 39.4. The van der Waals surface area contributed by atoms with Crippen molar-refractivity contribution in [1.29, 1.82) is 0 Å². The van der Waals surface area contributed by atoms with E-state index in [9.17, 15) is 14.7 Å². The van der Waals surface area contributed by atoms with Crippen LogP contribution in [0, 0.1) is 5.41 Å². The molecule has 10 nitrogen and oxygen atoms in total. The summed E-state index contributed by atoms with van der Waals surface area (Å²) in [6.45, 7) is 7.08. The fourth-order valence-corrected chi connectivity index (χ4v) is 5.35. The summed E-state index contributed by atoms with van der Waals surface area (Å²) in [5.41, 5.74) is 5.38. The number of esters is 1. The fourth-order valence-electron chi connectivity index (χ4n) is 5.35. The van der Waals surface area contributed by atoms with Gasteiger partial charge in [-0.15, -0.1) is 0 Å². The van der Waals surface area contributed by atoms with Gasteiger partial charge >= 0.3 is 11.9 Å². The summed E-state index contributed by atoms with van der Waals surface area (Å²) in [6, 6.07) is 43.8. The van der Waals surface area contributed by atoms with E-state index >= 15 is 0 Å². The topological polar surface area (TPSA) is 130 Å². The lowest BCUT2D eigenvalue weighted by Crippen LogP contribution is -2.17. The first-order valence-electron chi connectivity index (χ1n) is 17.8. The predicted octanol–water partition coefficient (Wildman–Crippen LogP) is 10.6. The van der Waals surface area contributed by atoms with E-state index in [-0.39, 0.29) is 29.8 Å². The van der Waals surface area contributed by atoms with Crippen LogP contribution in [0.1, 0.15) is 52.6 Å². The number of hydrogen-bond acceptors (Lipinski definition) is 9. The van der Waals surface area contributed by atoms with E-state index in [0.29, 0.717) is 23.9 Å². The molecule has 0 radical (unpaired) electrons. The van der Waals surface area contributed by atoms with E-state index < -0.39 is 11.9 Å². The molecule has 0 bridgehead atoms. The minimum Gasteiger partial charge on any atom is -0.497 e. The van der Waals surface area contributed by atoms with Crippen LogP contribution in [-0.2, 0) is 23.0 Å². The lowest BCUT2D eigenvalue weighted by atomic mass is 9.99. The highest BCUT2D eigenvalue weighted by molar-refractivity contribution is 6.04. The monoisotopic (exact) mass is 756 g/mol. The molecule has 2 N–H and O–H groups in total. The van der Waals surface area contributed by atoms with Gasteiger partial charge in [-0.2, -0.15) is 4.89 Å². The minimum absolute atomic E-state index is 0.00286. The van der Waals surface area contributed by atoms with Crippen LogP contribution >= 0.6 is 0 Å². The molecular weight excluding hydrogens is 712 g/mol. The van der Waals surface area contributed by atoms with Gasteiger partial charge in [0.15, 0.2) is 5.75 Å². The van der Waals surface area contributed by atoms with Gasteiger partial charge in [-0.25, -0.2) is 14.5 Å². The highest BCUT2D eigenvalue weighted by Gasteiger charge is 2.20. The molecule has 6 aromatic rings. The molecule has 6 rings (SSSR count). The van der Waals surface area contributed by atoms with Crippen molar-refractivity contribution in [2.24, 2.45) is 5.41 Å². The van der Waals surface area contributed by atoms with Crippen LogP contribution < -0.4 is 19.1 Å². The molecule has 0 aromatic heterocycles. The Balaban J connectivity index is 0.000000216. The van der Waals surface area contributed by atoms with Crippen LogP contribution in [0.25, 0.3) is 22.3 Å². The number of hydrogen-bond donors (Lipinski definition) is 2. The van der Waals surface area contributed by atoms with Crippen LogP contribution in [0.5, 0.6) is 23.0 Å². The Bertz CT molecular complexity index is 2160. The third-order valence-corrected chi connectivity index (χ3v) is 8.25. The van der Waals surface area contributed by atoms with Gasteiger partial charge in [-0.3, -0.25) is 5.26 Å². The zero-order valence-electron chi connectivity index (χ0n) is 31.6. The van der Waals surface area contributed by atoms with Crippen molar-refractivity contribution < 1.29 is 48.8 Å². The molecular formula is C46H44O10. The second kappa shape index (κ2) is 19.7. The molecule has 0 aliphatic heterocycles. The third kappa shape index (κ3) is 12.0. The third-order valence-electron chi connectivity index (χ3n) is 8.25. The number of carboxylic acid groups (broad SMARTS) is 1. The fraction of sp³-hybridized carbons (Fsp3) is 0.174. The van der Waals surface area contributed by atoms with Gasteiger partial charge in [0.25, 0.3) is 0 Å². The van der Waals surface area contributed by atoms with Gasteiger partial charge < -0.3 is 24.2 Å². The number of ether oxygens (including phenoxy) is 3. The molecule has 0 saturated carbocycles. The van der Waals surface area contributed by atoms with Gasteiger partial charge in [0.05, 0.1) is 24.8 Å². The molecule has 56 heavy (non-hydrogen) atoms. The molecule has 288 valence electrons. The zero-order valence-corrected chi connectivity index (χ0v) is 31.6. The minimum atomic E-state index is -1.19. The Hall–Kier alpha value is -6.46. The number of carbonyl (C=O) groups excluding carboxylic acids is 1. The van der Waals surface area contributed by atoms with E-state index in [0.717, 1.165) is 39.1 Å². The molecule has 0 heterocycles. The summed E-state index contributed by atoms with van der Waals surface area (Å²) < 4.78 is 16.2. The highest BCUT2D eigenvalue weighted by atomic mass is 17.2. The van der Waals surface area contributed by atoms with Gasteiger partial charge in [-0.1, -0.05) is 99.6 Å². The van der Waals surface area contributed by atoms with E-state index in [2.05, 4.69) is 25.7 Å². The molecule has 0 aliphatic carbocycles. The molecule has 0 amide bonds. The summed E-state index contributed by atoms with van der Waals surface area (Å²) in [6.07, 6.45) is 0. The largest absolute Gasteiger partial charge is 0.497 e. The predicted molar refractivity (Wildman–Crippen MR) is 213 cm³/mol. The Morgan fingerprint density at radius 2 is 1.12 bits per heavy atom. The van der Waals surface area contributed by atoms with Crippen LogP contribution in [0.4, 0.5) is 0 Å². The molecule has 0 aliphatic rings. The van der Waals surface area contributed by atoms with Gasteiger partial charge in [0.1, 0.15) is 30.5 Å². The Kier molecular flexibility index (Phi) is 14.4. The lowest BCUT2D eigenvalue weighted by molar-refractivity contribution is -0.253. The van der Waals surface area contributed by atoms with E-state index in [4.69, 9.17) is 29.2 Å². The molecule has 0 unspecified atom stereocenters. The first kappa shape index (κ1) is 40.7. The molecule has 6 aromatic carbocycles. The van der Waals surface area contributed by atoms with Gasteiger partial charge in [0.2, 0.25) is 0 Å². The molecule has 0 spiro atoms. The summed E-state index contributed by atoms with van der Waals surface area (Å²) >= 11 is 0. The highest BCUT2D eigenvalue weighted by Crippen LogP contribution is 2.27. The first-order valence-corrected chi connectivity index (χ1v) is 17.8. The number of aromatic carboxylic acids is 1. The number of benzene rings is 6. The standard InChI is InChI=1S/C25H24O5.C21H20O5/c1-25(2,3)16-29-19-10-12-20(13-11-19)30-24(28)22-15-18(9-14-21(22)23(26)27)17-7-5-4-6-8-17;1-23-20-9-11-21(12-10-20)26-25-15-19-13-17(7-8-18(19)14-24-22)16-5-3-2-4-6-16/h4-15H,16H2,1-3H3,(H,26,27);2-13,22H,14-15H2,1H3. The van der Waals surface area contributed by atoms with Crippen molar-refractivity contribution in [3.8, 4) is 45.3 Å². The van der Waals surface area contributed by atoms with Crippen LogP contribution in [0.2, 0.25) is 0 Å². The second-order valence-electron chi connectivity index (χ2n) is 13.8. The van der Waals surface area contributed by atoms with Gasteiger partial charge in [0, 0.05) is 0 Å². The molecule has 10 heteroatoms. The van der Waals surface area contributed by atoms with Crippen molar-refractivity contribution in [1.82, 2.24) is 0 Å². The lowest BCUT2D eigenvalue weighted by Gasteiger charge is -2.18. The number of carboxylic acids is 1. The normalized spacial score (nSPS) is 10.8. The summed E-state index contributed by atoms with van der Waals surface area (Å²) in [5, 5.41) is 18.3. The Labute approximate surface area is 326 Å². The maximum Gasteiger partial charge on any atom is 0.344 e. The van der Waals surface area contributed by atoms with Crippen molar-refractivity contribution >= 4 is 11.9 Å². The molecule has 0 fully saturated rings. The molecule has 0 saturated heterocycles. The van der Waals surface area contributed by atoms with Crippen LogP contribution in [0.3, 0.4) is 0 Å². The number of methoxy groups -OCH3 is 1. The smallest absolute Gasteiger partial charge is 0.344 e. The number of rotatable bonds is 14. The average molecular weight is 757 g/mol. The zero-order chi connectivity index (χ0) is 39.9. The Morgan fingerprint density at radius 1 is 0.571 bits per heavy atom. The number of carbonyl (C=O) groups is 2. The van der Waals surface area contributed by atoms with Crippen LogP contribution in [0.15, 0.2) is 146 Å². The summed E-state index contributed by atoms with van der Waals surface area (Å²) in [7, 11) is 1.61. The van der Waals surface area contributed by atoms with Crippen molar-refractivity contribution in [2.75, 3.05) is 13.7 Å². The first-order chi connectivity index (χ1) is 27.0. The second-order valence-corrected chi connectivity index (χ2v) is 13.8. The van der Waals surface area contributed by atoms with E-state index in [1.807, 2.05) is 78.9 Å². The SMILES string of the molecule is CC(C)(C)COc1ccc(OC(=O)c2cc(-c3ccccc3)ccc2C(=O)O)cc1.COc1ccc(OOCc2cc(-c3ccccc3)ccc2COO)cc1. The average Bonchev–Trinajstić information content (AvgIpc) is 3.22. The van der Waals surface area contributed by atoms with Crippen molar-refractivity contribution in [3.05, 3.63) is 168 Å². The quantitative estimate of drug-likeness (QED) is 0.0479. The summed E-state index contributed by atoms with van der Waals surface area (Å²) in [5.74, 6) is 0.382.